The lowest BCUT2D eigenvalue weighted by Gasteiger charge is -2.38. The Balaban J connectivity index is 2.42. The molecule has 1 saturated heterocycles. The zero-order valence-electron chi connectivity index (χ0n) is 10.9. The summed E-state index contributed by atoms with van der Waals surface area (Å²) in [6, 6.07) is 6.25. The SMILES string of the molecule is CC1CCCC(CN)N1S(=O)(=O)c1cccc(Cl)c1. The van der Waals surface area contributed by atoms with Gasteiger partial charge in [-0.25, -0.2) is 8.42 Å². The van der Waals surface area contributed by atoms with E-state index in [2.05, 4.69) is 0 Å². The third kappa shape index (κ3) is 2.94. The van der Waals surface area contributed by atoms with Gasteiger partial charge in [0.05, 0.1) is 4.90 Å². The minimum atomic E-state index is -3.53. The van der Waals surface area contributed by atoms with Gasteiger partial charge in [0.1, 0.15) is 0 Å². The quantitative estimate of drug-likeness (QED) is 0.931. The van der Waals surface area contributed by atoms with E-state index in [0.717, 1.165) is 19.3 Å². The van der Waals surface area contributed by atoms with Gasteiger partial charge >= 0.3 is 0 Å². The molecule has 1 aromatic carbocycles. The minimum absolute atomic E-state index is 0.0220. The molecular formula is C13H19ClN2O2S. The van der Waals surface area contributed by atoms with Gasteiger partial charge in [-0.3, -0.25) is 0 Å². The number of nitrogens with zero attached hydrogens (tertiary/aromatic N) is 1. The average Bonchev–Trinajstić information content (AvgIpc) is 2.38. The Morgan fingerprint density at radius 3 is 2.79 bits per heavy atom. The number of piperidine rings is 1. The van der Waals surface area contributed by atoms with Crippen LogP contribution in [0.25, 0.3) is 0 Å². The second-order valence-electron chi connectivity index (χ2n) is 4.96. The number of nitrogens with two attached hydrogens (primary N) is 1. The lowest BCUT2D eigenvalue weighted by atomic mass is 10.00. The standard InChI is InChI=1S/C13H19ClN2O2S/c1-10-4-2-6-12(9-15)16(10)19(17,18)13-7-3-5-11(14)8-13/h3,5,7-8,10,12H,2,4,6,9,15H2,1H3. The minimum Gasteiger partial charge on any atom is -0.329 e. The van der Waals surface area contributed by atoms with Crippen LogP contribution in [0.2, 0.25) is 5.02 Å². The molecule has 0 aromatic heterocycles. The summed E-state index contributed by atoms with van der Waals surface area (Å²) in [4.78, 5) is 0.243. The van der Waals surface area contributed by atoms with Crippen LogP contribution in [0, 0.1) is 0 Å². The Morgan fingerprint density at radius 1 is 1.42 bits per heavy atom. The molecule has 0 amide bonds. The molecule has 19 heavy (non-hydrogen) atoms. The van der Waals surface area contributed by atoms with Crippen molar-refractivity contribution in [3.63, 3.8) is 0 Å². The number of rotatable bonds is 3. The molecule has 4 nitrogen and oxygen atoms in total. The van der Waals surface area contributed by atoms with E-state index in [1.54, 1.807) is 22.5 Å². The van der Waals surface area contributed by atoms with Gasteiger partial charge in [-0.1, -0.05) is 24.1 Å². The third-order valence-electron chi connectivity index (χ3n) is 3.60. The molecule has 0 spiro atoms. The van der Waals surface area contributed by atoms with E-state index >= 15 is 0 Å². The van der Waals surface area contributed by atoms with Crippen LogP contribution in [0.3, 0.4) is 0 Å². The lowest BCUT2D eigenvalue weighted by Crippen LogP contribution is -2.51. The maximum absolute atomic E-state index is 12.7. The Kier molecular flexibility index (Phi) is 4.50. The van der Waals surface area contributed by atoms with Crippen LogP contribution in [0.15, 0.2) is 29.2 Å². The Bertz CT molecular complexity index is 547. The second-order valence-corrected chi connectivity index (χ2v) is 7.24. The van der Waals surface area contributed by atoms with Crippen molar-refractivity contribution >= 4 is 21.6 Å². The van der Waals surface area contributed by atoms with E-state index in [-0.39, 0.29) is 17.0 Å². The summed E-state index contributed by atoms with van der Waals surface area (Å²) in [5.41, 5.74) is 5.73. The van der Waals surface area contributed by atoms with Crippen molar-refractivity contribution in [1.82, 2.24) is 4.31 Å². The van der Waals surface area contributed by atoms with Crippen LogP contribution in [0.5, 0.6) is 0 Å². The van der Waals surface area contributed by atoms with Gasteiger partial charge in [0.25, 0.3) is 0 Å². The highest BCUT2D eigenvalue weighted by atomic mass is 35.5. The predicted molar refractivity (Wildman–Crippen MR) is 76.6 cm³/mol. The van der Waals surface area contributed by atoms with Gasteiger partial charge in [-0.15, -0.1) is 0 Å². The van der Waals surface area contributed by atoms with E-state index in [0.29, 0.717) is 11.6 Å². The average molecular weight is 303 g/mol. The number of hydrogen-bond donors (Lipinski definition) is 1. The molecule has 1 aromatic rings. The van der Waals surface area contributed by atoms with Crippen molar-refractivity contribution in [2.24, 2.45) is 5.73 Å². The maximum atomic E-state index is 12.7. The number of benzene rings is 1. The molecular weight excluding hydrogens is 284 g/mol. The Hall–Kier alpha value is -0.620. The first kappa shape index (κ1) is 14.8. The van der Waals surface area contributed by atoms with Crippen LogP contribution in [-0.4, -0.2) is 31.4 Å². The van der Waals surface area contributed by atoms with Gasteiger partial charge in [-0.05, 0) is 38.0 Å². The lowest BCUT2D eigenvalue weighted by molar-refractivity contribution is 0.196. The molecule has 0 bridgehead atoms. The summed E-state index contributed by atoms with van der Waals surface area (Å²) in [6.07, 6.45) is 2.71. The molecule has 2 N–H and O–H groups in total. The van der Waals surface area contributed by atoms with E-state index in [1.807, 2.05) is 6.92 Å². The summed E-state index contributed by atoms with van der Waals surface area (Å²) in [6.45, 7) is 2.29. The van der Waals surface area contributed by atoms with Crippen LogP contribution >= 0.6 is 11.6 Å². The van der Waals surface area contributed by atoms with Gasteiger partial charge in [0.15, 0.2) is 0 Å². The molecule has 1 heterocycles. The van der Waals surface area contributed by atoms with Crippen molar-refractivity contribution in [2.75, 3.05) is 6.54 Å². The van der Waals surface area contributed by atoms with Gasteiger partial charge in [0, 0.05) is 23.7 Å². The second kappa shape index (κ2) is 5.79. The molecule has 1 aliphatic rings. The molecule has 1 aliphatic heterocycles. The zero-order valence-corrected chi connectivity index (χ0v) is 12.5. The number of sulfonamides is 1. The fourth-order valence-electron chi connectivity index (χ4n) is 2.67. The van der Waals surface area contributed by atoms with Crippen LogP contribution in [0.1, 0.15) is 26.2 Å². The maximum Gasteiger partial charge on any atom is 0.243 e. The number of halogens is 1. The summed E-state index contributed by atoms with van der Waals surface area (Å²) >= 11 is 5.89. The first-order valence-electron chi connectivity index (χ1n) is 6.46. The molecule has 2 rings (SSSR count). The first-order valence-corrected chi connectivity index (χ1v) is 8.28. The molecule has 0 aliphatic carbocycles. The van der Waals surface area contributed by atoms with E-state index in [1.165, 1.54) is 6.07 Å². The van der Waals surface area contributed by atoms with Crippen LogP contribution in [-0.2, 0) is 10.0 Å². The van der Waals surface area contributed by atoms with E-state index in [4.69, 9.17) is 17.3 Å². The molecule has 6 heteroatoms. The van der Waals surface area contributed by atoms with Gasteiger partial charge in [0.2, 0.25) is 10.0 Å². The van der Waals surface area contributed by atoms with Crippen molar-refractivity contribution in [1.29, 1.82) is 0 Å². The van der Waals surface area contributed by atoms with Crippen molar-refractivity contribution < 1.29 is 8.42 Å². The van der Waals surface area contributed by atoms with Crippen molar-refractivity contribution in [3.8, 4) is 0 Å². The first-order chi connectivity index (χ1) is 8.96. The monoisotopic (exact) mass is 302 g/mol. The molecule has 0 saturated carbocycles. The topological polar surface area (TPSA) is 63.4 Å². The fourth-order valence-corrected chi connectivity index (χ4v) is 4.86. The van der Waals surface area contributed by atoms with Crippen molar-refractivity contribution in [3.05, 3.63) is 29.3 Å². The normalized spacial score (nSPS) is 25.4. The highest BCUT2D eigenvalue weighted by Crippen LogP contribution is 2.30. The number of hydrogen-bond acceptors (Lipinski definition) is 3. The van der Waals surface area contributed by atoms with E-state index < -0.39 is 10.0 Å². The summed E-state index contributed by atoms with van der Waals surface area (Å²) in [5.74, 6) is 0. The smallest absolute Gasteiger partial charge is 0.243 e. The zero-order chi connectivity index (χ0) is 14.0. The van der Waals surface area contributed by atoms with Crippen LogP contribution in [0.4, 0.5) is 0 Å². The molecule has 106 valence electrons. The molecule has 2 atom stereocenters. The summed E-state index contributed by atoms with van der Waals surface area (Å²) in [5, 5.41) is 0.426. The Morgan fingerprint density at radius 2 is 2.16 bits per heavy atom. The molecule has 0 radical (unpaired) electrons. The Labute approximate surface area is 119 Å². The van der Waals surface area contributed by atoms with E-state index in [9.17, 15) is 8.42 Å². The third-order valence-corrected chi connectivity index (χ3v) is 5.89. The van der Waals surface area contributed by atoms with Crippen LogP contribution < -0.4 is 5.73 Å². The largest absolute Gasteiger partial charge is 0.329 e. The highest BCUT2D eigenvalue weighted by molar-refractivity contribution is 7.89. The summed E-state index contributed by atoms with van der Waals surface area (Å²) in [7, 11) is -3.53. The predicted octanol–water partition coefficient (Wildman–Crippen LogP) is 2.23. The fraction of sp³-hybridized carbons (Fsp3) is 0.538. The molecule has 2 unspecified atom stereocenters. The van der Waals surface area contributed by atoms with Gasteiger partial charge in [-0.2, -0.15) is 4.31 Å². The highest BCUT2D eigenvalue weighted by Gasteiger charge is 2.37. The molecule has 1 fully saturated rings. The summed E-state index contributed by atoms with van der Waals surface area (Å²) < 4.78 is 27.0. The van der Waals surface area contributed by atoms with Gasteiger partial charge < -0.3 is 5.73 Å². The van der Waals surface area contributed by atoms with Crippen molar-refractivity contribution in [2.45, 2.75) is 43.2 Å².